The third-order valence-corrected chi connectivity index (χ3v) is 1.76. The number of hydrogen-bond donors (Lipinski definition) is 3. The molecule has 0 spiro atoms. The molecule has 1 aromatic carbocycles. The Hall–Kier alpha value is -1.55. The van der Waals surface area contributed by atoms with Crippen LogP contribution in [0.4, 0.5) is 0 Å². The first-order chi connectivity index (χ1) is 5.79. The summed E-state index contributed by atoms with van der Waals surface area (Å²) >= 11 is 0. The highest BCUT2D eigenvalue weighted by Crippen LogP contribution is 2.09. The second kappa shape index (κ2) is 2.49. The first-order valence-corrected chi connectivity index (χ1v) is 3.61. The second-order valence-electron chi connectivity index (χ2n) is 2.62. The SMILES string of the molecule is O=c1[nH]c2ccc(CO)cc2[nH]1. The summed E-state index contributed by atoms with van der Waals surface area (Å²) in [6.45, 7) is -0.0108. The number of aliphatic hydroxyl groups is 1. The van der Waals surface area contributed by atoms with E-state index in [0.29, 0.717) is 0 Å². The number of aromatic amines is 2. The molecule has 4 heteroatoms. The van der Waals surface area contributed by atoms with Crippen LogP contribution in [0.5, 0.6) is 0 Å². The molecule has 0 aliphatic heterocycles. The molecule has 12 heavy (non-hydrogen) atoms. The van der Waals surface area contributed by atoms with Gasteiger partial charge in [-0.05, 0) is 17.7 Å². The van der Waals surface area contributed by atoms with Crippen LogP contribution in [0, 0.1) is 0 Å². The Kier molecular flexibility index (Phi) is 1.48. The average Bonchev–Trinajstić information content (AvgIpc) is 2.43. The first-order valence-electron chi connectivity index (χ1n) is 3.61. The van der Waals surface area contributed by atoms with Crippen LogP contribution in [-0.2, 0) is 6.61 Å². The first kappa shape index (κ1) is 7.12. The van der Waals surface area contributed by atoms with Gasteiger partial charge in [-0.2, -0.15) is 0 Å². The van der Waals surface area contributed by atoms with Gasteiger partial charge in [0, 0.05) is 0 Å². The highest BCUT2D eigenvalue weighted by molar-refractivity contribution is 5.74. The fraction of sp³-hybridized carbons (Fsp3) is 0.125. The lowest BCUT2D eigenvalue weighted by molar-refractivity contribution is 0.282. The minimum Gasteiger partial charge on any atom is -0.392 e. The van der Waals surface area contributed by atoms with E-state index in [4.69, 9.17) is 5.11 Å². The van der Waals surface area contributed by atoms with Gasteiger partial charge >= 0.3 is 5.69 Å². The van der Waals surface area contributed by atoms with Crippen molar-refractivity contribution in [1.29, 1.82) is 0 Å². The van der Waals surface area contributed by atoms with E-state index in [2.05, 4.69) is 9.97 Å². The van der Waals surface area contributed by atoms with Crippen molar-refractivity contribution in [3.63, 3.8) is 0 Å². The summed E-state index contributed by atoms with van der Waals surface area (Å²) in [6.07, 6.45) is 0. The van der Waals surface area contributed by atoms with Crippen molar-refractivity contribution >= 4 is 11.0 Å². The predicted octanol–water partition coefficient (Wildman–Crippen LogP) is 0.349. The normalized spacial score (nSPS) is 10.8. The molecule has 0 fully saturated rings. The van der Waals surface area contributed by atoms with E-state index < -0.39 is 0 Å². The number of rotatable bonds is 1. The maximum absolute atomic E-state index is 10.8. The van der Waals surface area contributed by atoms with Crippen LogP contribution in [0.1, 0.15) is 5.56 Å². The number of imidazole rings is 1. The van der Waals surface area contributed by atoms with Crippen molar-refractivity contribution in [2.75, 3.05) is 0 Å². The molecule has 0 atom stereocenters. The summed E-state index contributed by atoms with van der Waals surface area (Å²) in [5.74, 6) is 0. The zero-order valence-corrected chi connectivity index (χ0v) is 6.29. The molecule has 2 aromatic rings. The molecule has 3 N–H and O–H groups in total. The van der Waals surface area contributed by atoms with E-state index in [0.717, 1.165) is 16.6 Å². The van der Waals surface area contributed by atoms with Crippen LogP contribution in [0.3, 0.4) is 0 Å². The molecule has 0 bridgehead atoms. The Bertz CT molecular complexity index is 455. The molecule has 1 aromatic heterocycles. The third-order valence-electron chi connectivity index (χ3n) is 1.76. The molecule has 2 rings (SSSR count). The monoisotopic (exact) mass is 164 g/mol. The van der Waals surface area contributed by atoms with Crippen molar-refractivity contribution in [3.05, 3.63) is 34.2 Å². The van der Waals surface area contributed by atoms with Gasteiger partial charge in [0.15, 0.2) is 0 Å². The second-order valence-corrected chi connectivity index (χ2v) is 2.62. The van der Waals surface area contributed by atoms with Crippen molar-refractivity contribution in [3.8, 4) is 0 Å². The molecule has 0 amide bonds. The average molecular weight is 164 g/mol. The molecule has 1 heterocycles. The molecular formula is C8H8N2O2. The lowest BCUT2D eigenvalue weighted by atomic mass is 10.2. The van der Waals surface area contributed by atoms with Gasteiger partial charge in [0.2, 0.25) is 0 Å². The van der Waals surface area contributed by atoms with Gasteiger partial charge in [-0.1, -0.05) is 6.07 Å². The molecular weight excluding hydrogens is 156 g/mol. The maximum Gasteiger partial charge on any atom is 0.323 e. The molecule has 62 valence electrons. The summed E-state index contributed by atoms with van der Waals surface area (Å²) in [4.78, 5) is 16.0. The predicted molar refractivity (Wildman–Crippen MR) is 44.8 cm³/mol. The lowest BCUT2D eigenvalue weighted by Crippen LogP contribution is -1.99. The zero-order chi connectivity index (χ0) is 8.55. The Morgan fingerprint density at radius 1 is 1.25 bits per heavy atom. The van der Waals surface area contributed by atoms with Crippen molar-refractivity contribution in [2.24, 2.45) is 0 Å². The summed E-state index contributed by atoms with van der Waals surface area (Å²) < 4.78 is 0. The summed E-state index contributed by atoms with van der Waals surface area (Å²) in [5, 5.41) is 8.80. The molecule has 0 aliphatic carbocycles. The Morgan fingerprint density at radius 2 is 2.00 bits per heavy atom. The lowest BCUT2D eigenvalue weighted by Gasteiger charge is -1.93. The summed E-state index contributed by atoms with van der Waals surface area (Å²) in [5.41, 5.74) is 2.06. The fourth-order valence-electron chi connectivity index (χ4n) is 1.18. The Morgan fingerprint density at radius 3 is 2.75 bits per heavy atom. The third kappa shape index (κ3) is 1.02. The number of benzene rings is 1. The summed E-state index contributed by atoms with van der Waals surface area (Å²) in [7, 11) is 0. The molecule has 0 saturated heterocycles. The minimum absolute atomic E-state index is 0.0108. The highest BCUT2D eigenvalue weighted by atomic mass is 16.3. The maximum atomic E-state index is 10.8. The van der Waals surface area contributed by atoms with E-state index in [-0.39, 0.29) is 12.3 Å². The van der Waals surface area contributed by atoms with E-state index in [1.54, 1.807) is 18.2 Å². The van der Waals surface area contributed by atoms with E-state index in [9.17, 15) is 4.79 Å². The number of aliphatic hydroxyl groups excluding tert-OH is 1. The quantitative estimate of drug-likeness (QED) is 0.569. The smallest absolute Gasteiger partial charge is 0.323 e. The zero-order valence-electron chi connectivity index (χ0n) is 6.29. The van der Waals surface area contributed by atoms with Crippen molar-refractivity contribution in [1.82, 2.24) is 9.97 Å². The van der Waals surface area contributed by atoms with Crippen LogP contribution < -0.4 is 5.69 Å². The Balaban J connectivity index is 2.74. The van der Waals surface area contributed by atoms with Gasteiger partial charge in [0.05, 0.1) is 17.6 Å². The van der Waals surface area contributed by atoms with Gasteiger partial charge in [-0.15, -0.1) is 0 Å². The van der Waals surface area contributed by atoms with Crippen LogP contribution >= 0.6 is 0 Å². The molecule has 0 radical (unpaired) electrons. The van der Waals surface area contributed by atoms with Crippen LogP contribution in [-0.4, -0.2) is 15.1 Å². The van der Waals surface area contributed by atoms with Crippen LogP contribution in [0.15, 0.2) is 23.0 Å². The van der Waals surface area contributed by atoms with E-state index in [1.807, 2.05) is 0 Å². The number of fused-ring (bicyclic) bond motifs is 1. The molecule has 0 aliphatic rings. The highest BCUT2D eigenvalue weighted by Gasteiger charge is 1.97. The molecule has 0 saturated carbocycles. The van der Waals surface area contributed by atoms with Crippen molar-refractivity contribution in [2.45, 2.75) is 6.61 Å². The standard InChI is InChI=1S/C8H8N2O2/c11-4-5-1-2-6-7(3-5)10-8(12)9-6/h1-3,11H,4H2,(H2,9,10,12). The Labute approximate surface area is 67.9 Å². The number of hydrogen-bond acceptors (Lipinski definition) is 2. The van der Waals surface area contributed by atoms with Gasteiger partial charge in [-0.25, -0.2) is 4.79 Å². The minimum atomic E-state index is -0.222. The van der Waals surface area contributed by atoms with E-state index in [1.165, 1.54) is 0 Å². The largest absolute Gasteiger partial charge is 0.392 e. The number of H-pyrrole nitrogens is 2. The van der Waals surface area contributed by atoms with Crippen molar-refractivity contribution < 1.29 is 5.11 Å². The van der Waals surface area contributed by atoms with Crippen LogP contribution in [0.25, 0.3) is 11.0 Å². The fourth-order valence-corrected chi connectivity index (χ4v) is 1.18. The van der Waals surface area contributed by atoms with Gasteiger partial charge < -0.3 is 15.1 Å². The van der Waals surface area contributed by atoms with Gasteiger partial charge in [0.1, 0.15) is 0 Å². The van der Waals surface area contributed by atoms with Crippen LogP contribution in [0.2, 0.25) is 0 Å². The van der Waals surface area contributed by atoms with Gasteiger partial charge in [-0.3, -0.25) is 0 Å². The summed E-state index contributed by atoms with van der Waals surface area (Å²) in [6, 6.07) is 5.28. The molecule has 4 nitrogen and oxygen atoms in total. The molecule has 0 unspecified atom stereocenters. The topological polar surface area (TPSA) is 68.9 Å². The number of nitrogens with one attached hydrogen (secondary N) is 2. The van der Waals surface area contributed by atoms with E-state index >= 15 is 0 Å². The number of aromatic nitrogens is 2. The van der Waals surface area contributed by atoms with Gasteiger partial charge in [0.25, 0.3) is 0 Å².